The van der Waals surface area contributed by atoms with Crippen LogP contribution in [0.25, 0.3) is 0 Å². The summed E-state index contributed by atoms with van der Waals surface area (Å²) in [4.78, 5) is 6.95. The van der Waals surface area contributed by atoms with Gasteiger partial charge in [-0.1, -0.05) is 13.3 Å². The summed E-state index contributed by atoms with van der Waals surface area (Å²) in [6, 6.07) is 0.685. The largest absolute Gasteiger partial charge is 0.336 e. The maximum atomic E-state index is 4.46. The molecule has 1 saturated heterocycles. The van der Waals surface area contributed by atoms with Gasteiger partial charge in [-0.3, -0.25) is 0 Å². The third kappa shape index (κ3) is 3.82. The Kier molecular flexibility index (Phi) is 5.20. The summed E-state index contributed by atoms with van der Waals surface area (Å²) in [5.74, 6) is 0. The molecule has 0 radical (unpaired) electrons. The number of hydrogen-bond donors (Lipinski definition) is 1. The molecule has 0 bridgehead atoms. The van der Waals surface area contributed by atoms with Crippen molar-refractivity contribution >= 4 is 0 Å². The van der Waals surface area contributed by atoms with Gasteiger partial charge < -0.3 is 14.8 Å². The molecule has 0 amide bonds. The molecule has 1 aliphatic heterocycles. The van der Waals surface area contributed by atoms with Gasteiger partial charge in [0.05, 0.1) is 12.0 Å². The minimum atomic E-state index is 0.685. The van der Waals surface area contributed by atoms with Gasteiger partial charge in [0.25, 0.3) is 0 Å². The predicted molar refractivity (Wildman–Crippen MR) is 74.5 cm³/mol. The summed E-state index contributed by atoms with van der Waals surface area (Å²) in [5, 5.41) is 3.39. The fraction of sp³-hybridized carbons (Fsp3) is 0.786. The van der Waals surface area contributed by atoms with E-state index in [-0.39, 0.29) is 0 Å². The average Bonchev–Trinajstić information content (AvgIpc) is 2.80. The quantitative estimate of drug-likeness (QED) is 0.782. The highest BCUT2D eigenvalue weighted by molar-refractivity contribution is 4.96. The number of hydrogen-bond acceptors (Lipinski definition) is 3. The van der Waals surface area contributed by atoms with Crippen LogP contribution >= 0.6 is 0 Å². The third-order valence-electron chi connectivity index (χ3n) is 3.76. The summed E-state index contributed by atoms with van der Waals surface area (Å²) < 4.78 is 2.25. The maximum absolute atomic E-state index is 4.46. The second kappa shape index (κ2) is 6.90. The lowest BCUT2D eigenvalue weighted by Crippen LogP contribution is -2.38. The fourth-order valence-electron chi connectivity index (χ4n) is 2.61. The first-order valence-corrected chi connectivity index (χ1v) is 7.21. The normalized spacial score (nSPS) is 21.3. The molecule has 1 aromatic heterocycles. The molecule has 2 rings (SSSR count). The number of imidazole rings is 1. The summed E-state index contributed by atoms with van der Waals surface area (Å²) in [7, 11) is 2.24. The summed E-state index contributed by atoms with van der Waals surface area (Å²) in [5.41, 5.74) is 1.15. The lowest BCUT2D eigenvalue weighted by atomic mass is 10.0. The van der Waals surface area contributed by atoms with Crippen LogP contribution in [0.4, 0.5) is 0 Å². The average molecular weight is 250 g/mol. The van der Waals surface area contributed by atoms with Crippen LogP contribution in [0.1, 0.15) is 38.3 Å². The van der Waals surface area contributed by atoms with Crippen LogP contribution in [0.5, 0.6) is 0 Å². The maximum Gasteiger partial charge on any atom is 0.0950 e. The molecule has 1 aliphatic rings. The Bertz CT molecular complexity index is 347. The highest BCUT2D eigenvalue weighted by atomic mass is 15.2. The second-order valence-corrected chi connectivity index (χ2v) is 5.37. The highest BCUT2D eigenvalue weighted by Crippen LogP contribution is 2.16. The molecule has 0 aromatic carbocycles. The van der Waals surface area contributed by atoms with E-state index in [9.17, 15) is 0 Å². The van der Waals surface area contributed by atoms with Crippen molar-refractivity contribution in [2.45, 2.75) is 51.7 Å². The molecule has 0 aliphatic carbocycles. The highest BCUT2D eigenvalue weighted by Gasteiger charge is 2.18. The van der Waals surface area contributed by atoms with Crippen molar-refractivity contribution in [2.24, 2.45) is 0 Å². The predicted octanol–water partition coefficient (Wildman–Crippen LogP) is 1.87. The van der Waals surface area contributed by atoms with E-state index >= 15 is 0 Å². The summed E-state index contributed by atoms with van der Waals surface area (Å²) in [6.07, 6.45) is 9.37. The first-order chi connectivity index (χ1) is 8.79. The van der Waals surface area contributed by atoms with Crippen molar-refractivity contribution in [2.75, 3.05) is 20.1 Å². The van der Waals surface area contributed by atoms with Gasteiger partial charge in [-0.05, 0) is 39.4 Å². The molecule has 0 spiro atoms. The van der Waals surface area contributed by atoms with Gasteiger partial charge >= 0.3 is 0 Å². The molecule has 1 aromatic rings. The zero-order valence-electron chi connectivity index (χ0n) is 11.7. The van der Waals surface area contributed by atoms with Gasteiger partial charge in [0.2, 0.25) is 0 Å². The first kappa shape index (κ1) is 13.6. The number of likely N-dealkylation sites (tertiary alicyclic amines) is 1. The topological polar surface area (TPSA) is 33.1 Å². The van der Waals surface area contributed by atoms with Crippen LogP contribution < -0.4 is 5.32 Å². The van der Waals surface area contributed by atoms with E-state index in [1.165, 1.54) is 32.2 Å². The van der Waals surface area contributed by atoms with E-state index < -0.39 is 0 Å². The van der Waals surface area contributed by atoms with Crippen molar-refractivity contribution < 1.29 is 0 Å². The van der Waals surface area contributed by atoms with E-state index in [1.807, 2.05) is 6.33 Å². The van der Waals surface area contributed by atoms with Crippen LogP contribution in [0.3, 0.4) is 0 Å². The number of likely N-dealkylation sites (N-methyl/N-ethyl adjacent to an activating group) is 1. The lowest BCUT2D eigenvalue weighted by molar-refractivity contribution is 0.167. The summed E-state index contributed by atoms with van der Waals surface area (Å²) >= 11 is 0. The SMILES string of the molecule is CCCNCc1cn(CC2CCCCN2C)cn1. The van der Waals surface area contributed by atoms with Crippen molar-refractivity contribution in [1.82, 2.24) is 19.8 Å². The Morgan fingerprint density at radius 2 is 2.33 bits per heavy atom. The van der Waals surface area contributed by atoms with Crippen LogP contribution in [-0.2, 0) is 13.1 Å². The molecule has 1 unspecified atom stereocenters. The van der Waals surface area contributed by atoms with Crippen LogP contribution in [0, 0.1) is 0 Å². The van der Waals surface area contributed by atoms with Gasteiger partial charge in [-0.2, -0.15) is 0 Å². The molecule has 4 nitrogen and oxygen atoms in total. The number of aromatic nitrogens is 2. The first-order valence-electron chi connectivity index (χ1n) is 7.21. The van der Waals surface area contributed by atoms with E-state index in [1.54, 1.807) is 0 Å². The van der Waals surface area contributed by atoms with Gasteiger partial charge in [0.15, 0.2) is 0 Å². The number of nitrogens with zero attached hydrogens (tertiary/aromatic N) is 3. The Morgan fingerprint density at radius 1 is 1.44 bits per heavy atom. The number of piperidine rings is 1. The lowest BCUT2D eigenvalue weighted by Gasteiger charge is -2.32. The van der Waals surface area contributed by atoms with Crippen LogP contribution in [0.2, 0.25) is 0 Å². The Balaban J connectivity index is 1.82. The Labute approximate surface area is 110 Å². The molecular formula is C14H26N4. The van der Waals surface area contributed by atoms with E-state index in [2.05, 4.69) is 39.9 Å². The van der Waals surface area contributed by atoms with Crippen molar-refractivity contribution in [3.8, 4) is 0 Å². The van der Waals surface area contributed by atoms with Crippen LogP contribution in [0.15, 0.2) is 12.5 Å². The van der Waals surface area contributed by atoms with Crippen molar-refractivity contribution in [3.05, 3.63) is 18.2 Å². The molecule has 1 N–H and O–H groups in total. The van der Waals surface area contributed by atoms with E-state index in [0.29, 0.717) is 6.04 Å². The number of nitrogens with one attached hydrogen (secondary N) is 1. The minimum absolute atomic E-state index is 0.685. The zero-order chi connectivity index (χ0) is 12.8. The standard InChI is InChI=1S/C14H26N4/c1-3-7-15-9-13-10-18(12-16-13)11-14-6-4-5-8-17(14)2/h10,12,14-15H,3-9,11H2,1-2H3. The van der Waals surface area contributed by atoms with Crippen LogP contribution in [-0.4, -0.2) is 40.6 Å². The Morgan fingerprint density at radius 3 is 3.11 bits per heavy atom. The molecule has 102 valence electrons. The van der Waals surface area contributed by atoms with Gasteiger partial charge in [-0.25, -0.2) is 4.98 Å². The molecule has 0 saturated carbocycles. The van der Waals surface area contributed by atoms with Gasteiger partial charge in [0, 0.05) is 25.3 Å². The fourth-order valence-corrected chi connectivity index (χ4v) is 2.61. The molecular weight excluding hydrogens is 224 g/mol. The van der Waals surface area contributed by atoms with E-state index in [0.717, 1.165) is 25.3 Å². The number of rotatable bonds is 6. The second-order valence-electron chi connectivity index (χ2n) is 5.37. The zero-order valence-corrected chi connectivity index (χ0v) is 11.7. The van der Waals surface area contributed by atoms with E-state index in [4.69, 9.17) is 0 Å². The Hall–Kier alpha value is -0.870. The summed E-state index contributed by atoms with van der Waals surface area (Å²) in [6.45, 7) is 6.46. The monoisotopic (exact) mass is 250 g/mol. The molecule has 4 heteroatoms. The molecule has 18 heavy (non-hydrogen) atoms. The smallest absolute Gasteiger partial charge is 0.0950 e. The van der Waals surface area contributed by atoms with Crippen molar-refractivity contribution in [3.63, 3.8) is 0 Å². The van der Waals surface area contributed by atoms with Gasteiger partial charge in [-0.15, -0.1) is 0 Å². The molecule has 2 heterocycles. The molecule has 1 fully saturated rings. The molecule has 1 atom stereocenters. The van der Waals surface area contributed by atoms with Gasteiger partial charge in [0.1, 0.15) is 0 Å². The van der Waals surface area contributed by atoms with Crippen molar-refractivity contribution in [1.29, 1.82) is 0 Å². The third-order valence-corrected chi connectivity index (χ3v) is 3.76. The minimum Gasteiger partial charge on any atom is -0.336 e.